The second kappa shape index (κ2) is 8.34. The number of ether oxygens (including phenoxy) is 1. The molecule has 4 rings (SSSR count). The predicted molar refractivity (Wildman–Crippen MR) is 114 cm³/mol. The fourth-order valence-electron chi connectivity index (χ4n) is 3.10. The normalized spacial score (nSPS) is 17.9. The third-order valence-electron chi connectivity index (χ3n) is 4.52. The van der Waals surface area contributed by atoms with Gasteiger partial charge in [-0.2, -0.15) is 0 Å². The van der Waals surface area contributed by atoms with Gasteiger partial charge in [0.15, 0.2) is 0 Å². The van der Waals surface area contributed by atoms with E-state index in [9.17, 15) is 4.79 Å². The van der Waals surface area contributed by atoms with Gasteiger partial charge in [-0.1, -0.05) is 35.5 Å². The van der Waals surface area contributed by atoms with Gasteiger partial charge in [0.2, 0.25) is 11.1 Å². The highest BCUT2D eigenvalue weighted by Gasteiger charge is 2.37. The number of hydrogen-bond acceptors (Lipinski definition) is 6. The standard InChI is InChI=1S/C20H20ClN5O2S/c1-3-28-16-10-4-13(5-11-16)17-18(29-20-24-23-12(2)26(20)25-17)19(27)22-15-8-6-14(21)7-9-15/h4-11,17-18,25H,3H2,1-2H3,(H,22,27)/t17-,18+/m1/s1. The number of halogens is 1. The number of aryl methyl sites for hydroxylation is 1. The molecule has 0 radical (unpaired) electrons. The summed E-state index contributed by atoms with van der Waals surface area (Å²) in [4.78, 5) is 13.1. The molecule has 3 aromatic rings. The Labute approximate surface area is 177 Å². The van der Waals surface area contributed by atoms with Crippen molar-refractivity contribution in [2.24, 2.45) is 0 Å². The smallest absolute Gasteiger partial charge is 0.240 e. The second-order valence-electron chi connectivity index (χ2n) is 6.51. The molecule has 2 heterocycles. The Morgan fingerprint density at radius 2 is 1.93 bits per heavy atom. The topological polar surface area (TPSA) is 81.1 Å². The van der Waals surface area contributed by atoms with Crippen molar-refractivity contribution in [3.05, 3.63) is 64.9 Å². The Morgan fingerprint density at radius 3 is 2.62 bits per heavy atom. The van der Waals surface area contributed by atoms with Gasteiger partial charge in [0.25, 0.3) is 0 Å². The molecule has 7 nitrogen and oxygen atoms in total. The Bertz CT molecular complexity index is 1010. The van der Waals surface area contributed by atoms with Gasteiger partial charge in [0.05, 0.1) is 12.6 Å². The van der Waals surface area contributed by atoms with Gasteiger partial charge in [0.1, 0.15) is 16.8 Å². The Balaban J connectivity index is 1.62. The van der Waals surface area contributed by atoms with E-state index in [1.54, 1.807) is 24.3 Å². The lowest BCUT2D eigenvalue weighted by Gasteiger charge is -2.32. The van der Waals surface area contributed by atoms with Crippen LogP contribution in [0.2, 0.25) is 5.02 Å². The fourth-order valence-corrected chi connectivity index (χ4v) is 4.35. The maximum absolute atomic E-state index is 13.1. The summed E-state index contributed by atoms with van der Waals surface area (Å²) >= 11 is 7.32. The summed E-state index contributed by atoms with van der Waals surface area (Å²) in [5, 5.41) is 12.1. The average Bonchev–Trinajstić information content (AvgIpc) is 3.10. The molecule has 1 aliphatic heterocycles. The van der Waals surface area contributed by atoms with Crippen molar-refractivity contribution < 1.29 is 9.53 Å². The van der Waals surface area contributed by atoms with E-state index in [2.05, 4.69) is 20.9 Å². The van der Waals surface area contributed by atoms with E-state index in [4.69, 9.17) is 16.3 Å². The molecule has 9 heteroatoms. The summed E-state index contributed by atoms with van der Waals surface area (Å²) in [7, 11) is 0. The summed E-state index contributed by atoms with van der Waals surface area (Å²) in [5.74, 6) is 1.40. The number of carbonyl (C=O) groups is 1. The van der Waals surface area contributed by atoms with Gasteiger partial charge < -0.3 is 15.5 Å². The van der Waals surface area contributed by atoms with Crippen LogP contribution in [0.15, 0.2) is 53.7 Å². The maximum Gasteiger partial charge on any atom is 0.240 e. The number of thioether (sulfide) groups is 1. The monoisotopic (exact) mass is 429 g/mol. The summed E-state index contributed by atoms with van der Waals surface area (Å²) in [5.41, 5.74) is 5.04. The number of amides is 1. The van der Waals surface area contributed by atoms with E-state index in [1.807, 2.05) is 42.8 Å². The molecule has 150 valence electrons. The molecule has 1 aliphatic rings. The van der Waals surface area contributed by atoms with Crippen LogP contribution in [0.3, 0.4) is 0 Å². The molecule has 0 unspecified atom stereocenters. The first-order chi connectivity index (χ1) is 14.0. The molecule has 0 spiro atoms. The second-order valence-corrected chi connectivity index (χ2v) is 8.05. The molecule has 0 aliphatic carbocycles. The first-order valence-corrected chi connectivity index (χ1v) is 10.5. The van der Waals surface area contributed by atoms with Crippen molar-refractivity contribution in [1.82, 2.24) is 14.9 Å². The van der Waals surface area contributed by atoms with Crippen molar-refractivity contribution in [2.45, 2.75) is 30.3 Å². The van der Waals surface area contributed by atoms with Crippen LogP contribution in [0.5, 0.6) is 5.75 Å². The minimum atomic E-state index is -0.445. The molecule has 0 saturated carbocycles. The first-order valence-electron chi connectivity index (χ1n) is 9.19. The van der Waals surface area contributed by atoms with Crippen molar-refractivity contribution >= 4 is 35.0 Å². The zero-order valence-electron chi connectivity index (χ0n) is 15.9. The molecule has 2 atom stereocenters. The number of nitrogens with zero attached hydrogens (tertiary/aromatic N) is 3. The van der Waals surface area contributed by atoms with Crippen molar-refractivity contribution in [3.8, 4) is 5.75 Å². The van der Waals surface area contributed by atoms with E-state index in [0.29, 0.717) is 22.5 Å². The van der Waals surface area contributed by atoms with Crippen LogP contribution in [0.4, 0.5) is 5.69 Å². The molecule has 2 aromatic carbocycles. The number of fused-ring (bicyclic) bond motifs is 1. The molecule has 1 aromatic heterocycles. The van der Waals surface area contributed by atoms with E-state index in [-0.39, 0.29) is 11.9 Å². The minimum absolute atomic E-state index is 0.129. The highest BCUT2D eigenvalue weighted by Crippen LogP contribution is 2.38. The van der Waals surface area contributed by atoms with Crippen LogP contribution in [-0.2, 0) is 4.79 Å². The Hall–Kier alpha value is -2.71. The highest BCUT2D eigenvalue weighted by atomic mass is 35.5. The van der Waals surface area contributed by atoms with Crippen LogP contribution >= 0.6 is 23.4 Å². The summed E-state index contributed by atoms with van der Waals surface area (Å²) in [6.45, 7) is 4.42. The number of nitrogens with one attached hydrogen (secondary N) is 2. The molecule has 0 fully saturated rings. The van der Waals surface area contributed by atoms with E-state index < -0.39 is 5.25 Å². The van der Waals surface area contributed by atoms with Gasteiger partial charge in [-0.25, -0.2) is 4.68 Å². The van der Waals surface area contributed by atoms with Crippen molar-refractivity contribution in [2.75, 3.05) is 17.3 Å². The maximum atomic E-state index is 13.1. The molecule has 0 bridgehead atoms. The van der Waals surface area contributed by atoms with Crippen LogP contribution < -0.4 is 15.5 Å². The molecular weight excluding hydrogens is 410 g/mol. The quantitative estimate of drug-likeness (QED) is 0.637. The van der Waals surface area contributed by atoms with Gasteiger partial charge in [-0.15, -0.1) is 10.2 Å². The van der Waals surface area contributed by atoms with E-state index in [1.165, 1.54) is 11.8 Å². The van der Waals surface area contributed by atoms with Gasteiger partial charge >= 0.3 is 0 Å². The zero-order chi connectivity index (χ0) is 20.4. The predicted octanol–water partition coefficient (Wildman–Crippen LogP) is 4.04. The van der Waals surface area contributed by atoms with Crippen LogP contribution in [0.25, 0.3) is 0 Å². The largest absolute Gasteiger partial charge is 0.494 e. The van der Waals surface area contributed by atoms with Gasteiger partial charge in [0, 0.05) is 10.7 Å². The Kier molecular flexibility index (Phi) is 5.64. The summed E-state index contributed by atoms with van der Waals surface area (Å²) in [6.07, 6.45) is 0. The summed E-state index contributed by atoms with van der Waals surface area (Å²) in [6, 6.07) is 14.5. The van der Waals surface area contributed by atoms with Gasteiger partial charge in [-0.3, -0.25) is 4.79 Å². The molecule has 0 saturated heterocycles. The average molecular weight is 430 g/mol. The lowest BCUT2D eigenvalue weighted by atomic mass is 10.0. The van der Waals surface area contributed by atoms with Gasteiger partial charge in [-0.05, 0) is 55.8 Å². The first kappa shape index (κ1) is 19.6. The number of hydrogen-bond donors (Lipinski definition) is 2. The number of carbonyl (C=O) groups excluding carboxylic acids is 1. The van der Waals surface area contributed by atoms with Crippen LogP contribution in [0.1, 0.15) is 24.4 Å². The van der Waals surface area contributed by atoms with Crippen molar-refractivity contribution in [1.29, 1.82) is 0 Å². The lowest BCUT2D eigenvalue weighted by molar-refractivity contribution is -0.116. The molecule has 1 amide bonds. The summed E-state index contributed by atoms with van der Waals surface area (Å²) < 4.78 is 7.35. The Morgan fingerprint density at radius 1 is 1.21 bits per heavy atom. The van der Waals surface area contributed by atoms with E-state index >= 15 is 0 Å². The molecule has 29 heavy (non-hydrogen) atoms. The molecular formula is C20H20ClN5O2S. The highest BCUT2D eigenvalue weighted by molar-refractivity contribution is 8.00. The number of benzene rings is 2. The van der Waals surface area contributed by atoms with Crippen LogP contribution in [-0.4, -0.2) is 32.6 Å². The minimum Gasteiger partial charge on any atom is -0.494 e. The zero-order valence-corrected chi connectivity index (χ0v) is 17.5. The van der Waals surface area contributed by atoms with Crippen LogP contribution in [0, 0.1) is 6.92 Å². The SMILES string of the molecule is CCOc1ccc([C@H]2Nn3c(C)nnc3S[C@@H]2C(=O)Nc2ccc(Cl)cc2)cc1. The van der Waals surface area contributed by atoms with E-state index in [0.717, 1.165) is 17.1 Å². The molecule has 2 N–H and O–H groups in total. The fraction of sp³-hybridized carbons (Fsp3) is 0.250. The number of aromatic nitrogens is 3. The third kappa shape index (κ3) is 4.18. The number of rotatable bonds is 5. The van der Waals surface area contributed by atoms with Crippen molar-refractivity contribution in [3.63, 3.8) is 0 Å². The lowest BCUT2D eigenvalue weighted by Crippen LogP contribution is -2.41. The number of anilines is 1. The third-order valence-corrected chi connectivity index (χ3v) is 5.99.